The van der Waals surface area contributed by atoms with Gasteiger partial charge in [0.05, 0.1) is 11.6 Å². The van der Waals surface area contributed by atoms with Crippen molar-refractivity contribution in [2.24, 2.45) is 0 Å². The van der Waals surface area contributed by atoms with Gasteiger partial charge >= 0.3 is 5.97 Å². The molecule has 6 heteroatoms. The molecule has 0 unspecified atom stereocenters. The summed E-state index contributed by atoms with van der Waals surface area (Å²) in [5.41, 5.74) is 1.18. The smallest absolute Gasteiger partial charge is 0.339 e. The van der Waals surface area contributed by atoms with Crippen LogP contribution in [0.5, 0.6) is 0 Å². The van der Waals surface area contributed by atoms with Gasteiger partial charge in [-0.05, 0) is 12.5 Å². The number of nitrogens with zero attached hydrogens (tertiary/aromatic N) is 1. The zero-order chi connectivity index (χ0) is 15.9. The fourth-order valence-electron chi connectivity index (χ4n) is 1.87. The minimum atomic E-state index is -0.650. The molecular weight excluding hydrogens is 284 g/mol. The molecule has 1 atom stereocenters. The van der Waals surface area contributed by atoms with Gasteiger partial charge in [-0.15, -0.1) is 0 Å². The molecule has 22 heavy (non-hydrogen) atoms. The molecule has 1 amide bonds. The lowest BCUT2D eigenvalue weighted by Crippen LogP contribution is -2.31. The van der Waals surface area contributed by atoms with Crippen LogP contribution in [0, 0.1) is 5.21 Å². The molecule has 0 radical (unpaired) electrons. The molecule has 1 heterocycles. The summed E-state index contributed by atoms with van der Waals surface area (Å²) in [5, 5.41) is 13.6. The number of benzene rings is 1. The van der Waals surface area contributed by atoms with E-state index in [0.29, 0.717) is 4.73 Å². The second kappa shape index (κ2) is 7.21. The van der Waals surface area contributed by atoms with Crippen molar-refractivity contribution >= 4 is 11.9 Å². The van der Waals surface area contributed by atoms with E-state index in [2.05, 4.69) is 5.32 Å². The van der Waals surface area contributed by atoms with Crippen LogP contribution in [0.1, 0.15) is 28.9 Å². The molecule has 114 valence electrons. The van der Waals surface area contributed by atoms with E-state index in [1.807, 2.05) is 37.3 Å². The summed E-state index contributed by atoms with van der Waals surface area (Å²) in [6.45, 7) is 1.47. The van der Waals surface area contributed by atoms with Crippen LogP contribution in [0.4, 0.5) is 0 Å². The second-order valence-corrected chi connectivity index (χ2v) is 4.72. The number of carbonyl (C=O) groups is 2. The summed E-state index contributed by atoms with van der Waals surface area (Å²) in [6.07, 6.45) is 2.38. The SMILES string of the molecule is C[C@@H](NC(=O)COC(=O)c1cc[n+]([O-])cc1)c1ccccc1. The molecule has 1 aromatic carbocycles. The molecule has 2 rings (SSSR count). The van der Waals surface area contributed by atoms with Crippen LogP contribution >= 0.6 is 0 Å². The Kier molecular flexibility index (Phi) is 5.08. The highest BCUT2D eigenvalue weighted by Gasteiger charge is 2.13. The average molecular weight is 300 g/mol. The van der Waals surface area contributed by atoms with Crippen LogP contribution in [0.15, 0.2) is 54.9 Å². The van der Waals surface area contributed by atoms with Gasteiger partial charge in [0.2, 0.25) is 0 Å². The summed E-state index contributed by atoms with van der Waals surface area (Å²) < 4.78 is 5.46. The number of nitrogens with one attached hydrogen (secondary N) is 1. The number of carbonyl (C=O) groups excluding carboxylic acids is 2. The maximum atomic E-state index is 11.8. The fraction of sp³-hybridized carbons (Fsp3) is 0.188. The highest BCUT2D eigenvalue weighted by atomic mass is 16.5. The van der Waals surface area contributed by atoms with Crippen molar-refractivity contribution in [3.63, 3.8) is 0 Å². The maximum absolute atomic E-state index is 11.8. The van der Waals surface area contributed by atoms with Crippen LogP contribution in [0.25, 0.3) is 0 Å². The Morgan fingerprint density at radius 3 is 2.45 bits per heavy atom. The van der Waals surface area contributed by atoms with Gasteiger partial charge in [0.25, 0.3) is 5.91 Å². The first kappa shape index (κ1) is 15.5. The van der Waals surface area contributed by atoms with Crippen LogP contribution < -0.4 is 10.0 Å². The third-order valence-electron chi connectivity index (χ3n) is 3.05. The number of ether oxygens (including phenoxy) is 1. The standard InChI is InChI=1S/C16H16N2O4/c1-12(13-5-3-2-4-6-13)17-15(19)11-22-16(20)14-7-9-18(21)10-8-14/h2-10,12H,11H2,1H3,(H,17,19)/t12-/m1/s1. The first-order valence-electron chi connectivity index (χ1n) is 6.76. The third kappa shape index (κ3) is 4.31. The van der Waals surface area contributed by atoms with Crippen molar-refractivity contribution in [3.8, 4) is 0 Å². The van der Waals surface area contributed by atoms with E-state index in [1.54, 1.807) is 0 Å². The summed E-state index contributed by atoms with van der Waals surface area (Å²) in [6, 6.07) is 12.0. The van der Waals surface area contributed by atoms with E-state index in [0.717, 1.165) is 5.56 Å². The normalized spacial score (nSPS) is 11.5. The van der Waals surface area contributed by atoms with Crippen molar-refractivity contribution in [1.29, 1.82) is 0 Å². The summed E-state index contributed by atoms with van der Waals surface area (Å²) in [5.74, 6) is -1.04. The van der Waals surface area contributed by atoms with Crippen molar-refractivity contribution in [2.75, 3.05) is 6.61 Å². The lowest BCUT2D eigenvalue weighted by Gasteiger charge is -2.14. The predicted molar refractivity (Wildman–Crippen MR) is 78.7 cm³/mol. The molecule has 2 aromatic rings. The largest absolute Gasteiger partial charge is 0.619 e. The van der Waals surface area contributed by atoms with Gasteiger partial charge in [-0.3, -0.25) is 4.79 Å². The zero-order valence-corrected chi connectivity index (χ0v) is 12.1. The van der Waals surface area contributed by atoms with Gasteiger partial charge in [0.1, 0.15) is 0 Å². The molecule has 0 fully saturated rings. The second-order valence-electron chi connectivity index (χ2n) is 4.72. The molecule has 0 spiro atoms. The molecule has 0 saturated heterocycles. The Hall–Kier alpha value is -2.89. The molecule has 0 bridgehead atoms. The minimum absolute atomic E-state index is 0.177. The van der Waals surface area contributed by atoms with Crippen molar-refractivity contribution < 1.29 is 19.1 Å². The topological polar surface area (TPSA) is 82.3 Å². The van der Waals surface area contributed by atoms with Gasteiger partial charge in [0.15, 0.2) is 19.0 Å². The number of aromatic nitrogens is 1. The Balaban J connectivity index is 1.82. The van der Waals surface area contributed by atoms with Crippen LogP contribution in [-0.4, -0.2) is 18.5 Å². The number of esters is 1. The molecule has 0 aliphatic rings. The summed E-state index contributed by atoms with van der Waals surface area (Å²) in [7, 11) is 0. The predicted octanol–water partition coefficient (Wildman–Crippen LogP) is 1.35. The molecule has 6 nitrogen and oxygen atoms in total. The first-order valence-corrected chi connectivity index (χ1v) is 6.76. The Morgan fingerprint density at radius 2 is 1.82 bits per heavy atom. The minimum Gasteiger partial charge on any atom is -0.619 e. The third-order valence-corrected chi connectivity index (χ3v) is 3.05. The Morgan fingerprint density at radius 1 is 1.18 bits per heavy atom. The van der Waals surface area contributed by atoms with Crippen molar-refractivity contribution in [1.82, 2.24) is 5.32 Å². The lowest BCUT2D eigenvalue weighted by atomic mass is 10.1. The molecule has 0 aliphatic heterocycles. The van der Waals surface area contributed by atoms with Crippen molar-refractivity contribution in [2.45, 2.75) is 13.0 Å². The van der Waals surface area contributed by atoms with E-state index in [9.17, 15) is 14.8 Å². The van der Waals surface area contributed by atoms with Gasteiger partial charge < -0.3 is 15.3 Å². The molecule has 0 aliphatic carbocycles. The fourth-order valence-corrected chi connectivity index (χ4v) is 1.87. The highest BCUT2D eigenvalue weighted by molar-refractivity contribution is 5.91. The molecule has 1 N–H and O–H groups in total. The van der Waals surface area contributed by atoms with Gasteiger partial charge in [-0.1, -0.05) is 30.3 Å². The number of amides is 1. The monoisotopic (exact) mass is 300 g/mol. The van der Waals surface area contributed by atoms with Gasteiger partial charge in [-0.25, -0.2) is 4.79 Å². The van der Waals surface area contributed by atoms with E-state index in [-0.39, 0.29) is 24.1 Å². The van der Waals surface area contributed by atoms with E-state index in [1.165, 1.54) is 24.5 Å². The van der Waals surface area contributed by atoms with Crippen molar-refractivity contribution in [3.05, 3.63) is 71.2 Å². The Labute approximate surface area is 127 Å². The van der Waals surface area contributed by atoms with Gasteiger partial charge in [0, 0.05) is 12.1 Å². The molecule has 1 aromatic heterocycles. The zero-order valence-electron chi connectivity index (χ0n) is 12.1. The molecule has 0 saturated carbocycles. The van der Waals surface area contributed by atoms with Crippen LogP contribution in [-0.2, 0) is 9.53 Å². The molecular formula is C16H16N2O4. The van der Waals surface area contributed by atoms with Gasteiger partial charge in [-0.2, -0.15) is 4.73 Å². The van der Waals surface area contributed by atoms with Crippen LogP contribution in [0.3, 0.4) is 0 Å². The first-order chi connectivity index (χ1) is 10.6. The number of rotatable bonds is 5. The Bertz CT molecular complexity index is 641. The summed E-state index contributed by atoms with van der Waals surface area (Å²) in [4.78, 5) is 23.5. The van der Waals surface area contributed by atoms with E-state index >= 15 is 0 Å². The number of hydrogen-bond donors (Lipinski definition) is 1. The average Bonchev–Trinajstić information content (AvgIpc) is 2.54. The maximum Gasteiger partial charge on any atom is 0.339 e. The highest BCUT2D eigenvalue weighted by Crippen LogP contribution is 2.10. The van der Waals surface area contributed by atoms with E-state index < -0.39 is 5.97 Å². The van der Waals surface area contributed by atoms with E-state index in [4.69, 9.17) is 4.74 Å². The number of pyridine rings is 1. The number of hydrogen-bond acceptors (Lipinski definition) is 4. The quantitative estimate of drug-likeness (QED) is 0.513. The lowest BCUT2D eigenvalue weighted by molar-refractivity contribution is -0.605. The van der Waals surface area contributed by atoms with Crippen LogP contribution in [0.2, 0.25) is 0 Å². The summed E-state index contributed by atoms with van der Waals surface area (Å²) >= 11 is 0.